The molecule has 10 heteroatoms. The van der Waals surface area contributed by atoms with E-state index in [1.165, 1.54) is 39.3 Å². The van der Waals surface area contributed by atoms with Gasteiger partial charge in [-0.2, -0.15) is 0 Å². The van der Waals surface area contributed by atoms with Crippen molar-refractivity contribution in [3.05, 3.63) is 51.9 Å². The summed E-state index contributed by atoms with van der Waals surface area (Å²) in [7, 11) is 2.86. The fourth-order valence-corrected chi connectivity index (χ4v) is 5.07. The number of phenols is 1. The first kappa shape index (κ1) is 24.3. The topological polar surface area (TPSA) is 159 Å². The molecule has 5 rings (SSSR count). The Morgan fingerprint density at radius 1 is 0.972 bits per heavy atom. The van der Waals surface area contributed by atoms with Crippen molar-refractivity contribution >= 4 is 32.5 Å². The molecular formula is C26H26O10. The maximum atomic E-state index is 13.2. The van der Waals surface area contributed by atoms with Crippen molar-refractivity contribution in [2.24, 2.45) is 0 Å². The zero-order valence-corrected chi connectivity index (χ0v) is 19.8. The van der Waals surface area contributed by atoms with Crippen LogP contribution in [0.2, 0.25) is 0 Å². The third-order valence-corrected chi connectivity index (χ3v) is 6.76. The Morgan fingerprint density at radius 2 is 1.67 bits per heavy atom. The molecule has 0 spiro atoms. The predicted octanol–water partition coefficient (Wildman–Crippen LogP) is 1.86. The van der Waals surface area contributed by atoms with Crippen LogP contribution in [0.4, 0.5) is 0 Å². The Balaban J connectivity index is 1.95. The number of fused-ring (bicyclic) bond motifs is 5. The van der Waals surface area contributed by atoms with Gasteiger partial charge >= 0.3 is 5.63 Å². The molecule has 0 bridgehead atoms. The van der Waals surface area contributed by atoms with E-state index in [1.54, 1.807) is 12.1 Å². The highest BCUT2D eigenvalue weighted by atomic mass is 16.6. The molecule has 2 heterocycles. The van der Waals surface area contributed by atoms with Crippen LogP contribution in [0.15, 0.2) is 39.5 Å². The molecule has 1 aliphatic rings. The first-order valence-corrected chi connectivity index (χ1v) is 11.3. The SMILES string of the molecule is COc1cc2c(oc(=O)c3cc(CO)cc(OC)c32)c2c(C3OC(C(C)O)C(O)C3O)ccc(O)c12. The maximum Gasteiger partial charge on any atom is 0.344 e. The molecule has 5 N–H and O–H groups in total. The molecule has 1 aromatic heterocycles. The number of aliphatic hydroxyl groups is 4. The normalized spacial score (nSPS) is 23.0. The molecule has 0 aliphatic carbocycles. The second-order valence-electron chi connectivity index (χ2n) is 8.89. The van der Waals surface area contributed by atoms with Gasteiger partial charge in [-0.3, -0.25) is 0 Å². The van der Waals surface area contributed by atoms with E-state index in [9.17, 15) is 30.3 Å². The lowest BCUT2D eigenvalue weighted by atomic mass is 9.92. The number of aromatic hydroxyl groups is 1. The fourth-order valence-electron chi connectivity index (χ4n) is 5.07. The predicted molar refractivity (Wildman–Crippen MR) is 129 cm³/mol. The van der Waals surface area contributed by atoms with Crippen LogP contribution in [0.1, 0.15) is 24.2 Å². The Labute approximate surface area is 204 Å². The van der Waals surface area contributed by atoms with Gasteiger partial charge in [-0.15, -0.1) is 0 Å². The van der Waals surface area contributed by atoms with Crippen LogP contribution in [0.5, 0.6) is 17.2 Å². The summed E-state index contributed by atoms with van der Waals surface area (Å²) >= 11 is 0. The lowest BCUT2D eigenvalue weighted by Crippen LogP contribution is -2.36. The van der Waals surface area contributed by atoms with E-state index in [0.717, 1.165) is 0 Å². The van der Waals surface area contributed by atoms with Gasteiger partial charge < -0.3 is 44.2 Å². The largest absolute Gasteiger partial charge is 0.507 e. The molecule has 10 nitrogen and oxygen atoms in total. The number of rotatable bonds is 5. The highest BCUT2D eigenvalue weighted by Crippen LogP contribution is 2.47. The lowest BCUT2D eigenvalue weighted by molar-refractivity contribution is -0.0586. The standard InChI is InChI=1S/C26H26O10/c1-10(28)23-21(30)22(31)25(35-23)12-4-5-15(29)20-17(34-3)8-13-18-14(26(32)36-24(13)19(12)20)6-11(9-27)7-16(18)33-2/h4-8,10,21-23,25,27-31H,9H2,1-3H3. The van der Waals surface area contributed by atoms with E-state index in [4.69, 9.17) is 18.6 Å². The van der Waals surface area contributed by atoms with E-state index in [1.807, 2.05) is 0 Å². The van der Waals surface area contributed by atoms with Gasteiger partial charge in [-0.1, -0.05) is 6.07 Å². The van der Waals surface area contributed by atoms with Crippen molar-refractivity contribution in [2.75, 3.05) is 14.2 Å². The van der Waals surface area contributed by atoms with E-state index in [2.05, 4.69) is 0 Å². The number of ether oxygens (including phenoxy) is 3. The van der Waals surface area contributed by atoms with E-state index in [-0.39, 0.29) is 39.8 Å². The molecule has 1 saturated heterocycles. The average molecular weight is 498 g/mol. The van der Waals surface area contributed by atoms with E-state index >= 15 is 0 Å². The molecule has 1 aliphatic heterocycles. The number of aliphatic hydroxyl groups excluding tert-OH is 4. The number of hydrogen-bond acceptors (Lipinski definition) is 10. The van der Waals surface area contributed by atoms with Gasteiger partial charge in [-0.25, -0.2) is 4.79 Å². The summed E-state index contributed by atoms with van der Waals surface area (Å²) in [4.78, 5) is 13.2. The van der Waals surface area contributed by atoms with Gasteiger partial charge in [0.1, 0.15) is 47.2 Å². The molecule has 0 amide bonds. The molecule has 190 valence electrons. The first-order valence-electron chi connectivity index (χ1n) is 11.3. The van der Waals surface area contributed by atoms with Crippen LogP contribution in [-0.4, -0.2) is 64.2 Å². The third kappa shape index (κ3) is 3.49. The molecule has 4 aromatic rings. The summed E-state index contributed by atoms with van der Waals surface area (Å²) in [6.45, 7) is 1.13. The molecule has 0 saturated carbocycles. The molecule has 5 unspecified atom stereocenters. The summed E-state index contributed by atoms with van der Waals surface area (Å²) < 4.78 is 22.7. The Hall–Kier alpha value is -3.41. The monoisotopic (exact) mass is 498 g/mol. The van der Waals surface area contributed by atoms with Gasteiger partial charge in [0.15, 0.2) is 0 Å². The summed E-state index contributed by atoms with van der Waals surface area (Å²) in [5.41, 5.74) is 0.143. The first-order chi connectivity index (χ1) is 17.2. The average Bonchev–Trinajstić information content (AvgIpc) is 3.17. The zero-order valence-electron chi connectivity index (χ0n) is 19.8. The highest BCUT2D eigenvalue weighted by molar-refractivity contribution is 6.19. The van der Waals surface area contributed by atoms with Crippen LogP contribution < -0.4 is 15.1 Å². The van der Waals surface area contributed by atoms with E-state index in [0.29, 0.717) is 27.6 Å². The van der Waals surface area contributed by atoms with Gasteiger partial charge in [0.05, 0.1) is 37.7 Å². The van der Waals surface area contributed by atoms with Crippen LogP contribution >= 0.6 is 0 Å². The number of hydrogen-bond donors (Lipinski definition) is 5. The second kappa shape index (κ2) is 8.91. The van der Waals surface area contributed by atoms with Crippen LogP contribution in [0.3, 0.4) is 0 Å². The van der Waals surface area contributed by atoms with Crippen molar-refractivity contribution in [3.63, 3.8) is 0 Å². The van der Waals surface area contributed by atoms with Crippen LogP contribution in [-0.2, 0) is 11.3 Å². The molecule has 36 heavy (non-hydrogen) atoms. The number of benzene rings is 3. The quantitative estimate of drug-likeness (QED) is 0.203. The van der Waals surface area contributed by atoms with Crippen molar-refractivity contribution in [1.82, 2.24) is 0 Å². The van der Waals surface area contributed by atoms with Crippen molar-refractivity contribution in [3.8, 4) is 17.2 Å². The second-order valence-corrected chi connectivity index (χ2v) is 8.89. The Kier molecular flexibility index (Phi) is 6.01. The van der Waals surface area contributed by atoms with Gasteiger partial charge in [-0.05, 0) is 42.3 Å². The number of methoxy groups -OCH3 is 2. The lowest BCUT2D eigenvalue weighted by Gasteiger charge is -2.20. The molecule has 5 atom stereocenters. The van der Waals surface area contributed by atoms with Crippen molar-refractivity contribution < 1.29 is 44.2 Å². The molecule has 1 fully saturated rings. The van der Waals surface area contributed by atoms with Crippen LogP contribution in [0.25, 0.3) is 32.5 Å². The number of phenolic OH excluding ortho intramolecular Hbond substituents is 1. The van der Waals surface area contributed by atoms with Crippen molar-refractivity contribution in [2.45, 2.75) is 44.1 Å². The van der Waals surface area contributed by atoms with Crippen molar-refractivity contribution in [1.29, 1.82) is 0 Å². The van der Waals surface area contributed by atoms with Crippen LogP contribution in [0, 0.1) is 0 Å². The molecule has 3 aromatic carbocycles. The summed E-state index contributed by atoms with van der Waals surface area (Å²) in [6.07, 6.45) is -6.03. The van der Waals surface area contributed by atoms with Gasteiger partial charge in [0.25, 0.3) is 0 Å². The minimum absolute atomic E-state index is 0.0787. The Bertz CT molecular complexity index is 1540. The minimum Gasteiger partial charge on any atom is -0.507 e. The zero-order chi connectivity index (χ0) is 25.9. The molecule has 0 radical (unpaired) electrons. The van der Waals surface area contributed by atoms with Gasteiger partial charge in [0, 0.05) is 16.2 Å². The Morgan fingerprint density at radius 3 is 2.28 bits per heavy atom. The highest BCUT2D eigenvalue weighted by Gasteiger charge is 2.46. The third-order valence-electron chi connectivity index (χ3n) is 6.76. The summed E-state index contributed by atoms with van der Waals surface area (Å²) in [6, 6.07) is 7.60. The fraction of sp³-hybridized carbons (Fsp3) is 0.346. The summed E-state index contributed by atoms with van der Waals surface area (Å²) in [5.74, 6) is 0.401. The smallest absolute Gasteiger partial charge is 0.344 e. The minimum atomic E-state index is -1.41. The van der Waals surface area contributed by atoms with Gasteiger partial charge in [0.2, 0.25) is 0 Å². The molecular weight excluding hydrogens is 472 g/mol. The summed E-state index contributed by atoms with van der Waals surface area (Å²) in [5, 5.41) is 53.2. The maximum absolute atomic E-state index is 13.2. The van der Waals surface area contributed by atoms with E-state index < -0.39 is 36.1 Å².